The molecule has 192 valence electrons. The maximum absolute atomic E-state index is 14.4. The Hall–Kier alpha value is -1.39. The quantitative estimate of drug-likeness (QED) is 0.214. The lowest BCUT2D eigenvalue weighted by atomic mass is 9.95. The molecule has 1 aromatic rings. The van der Waals surface area contributed by atoms with Crippen molar-refractivity contribution in [3.63, 3.8) is 0 Å². The van der Waals surface area contributed by atoms with Gasteiger partial charge in [0.25, 0.3) is 0 Å². The zero-order valence-corrected chi connectivity index (χ0v) is 16.9. The molecule has 0 amide bonds. The molecule has 0 aromatic heterocycles. The topological polar surface area (TPSA) is 9.23 Å². The van der Waals surface area contributed by atoms with E-state index in [4.69, 9.17) is 0 Å². The van der Waals surface area contributed by atoms with Gasteiger partial charge in [-0.15, -0.1) is 0 Å². The third-order valence-electron chi connectivity index (χ3n) is 4.08. The van der Waals surface area contributed by atoms with Crippen LogP contribution >= 0.6 is 15.9 Å². The predicted octanol–water partition coefficient (Wildman–Crippen LogP) is 7.69. The van der Waals surface area contributed by atoms with Gasteiger partial charge >= 0.3 is 42.1 Å². The summed E-state index contributed by atoms with van der Waals surface area (Å²) in [5, 5.41) is 0. The average molecular weight is 583 g/mol. The van der Waals surface area contributed by atoms with Crippen LogP contribution in [0.15, 0.2) is 30.3 Å². The van der Waals surface area contributed by atoms with Crippen molar-refractivity contribution in [3.8, 4) is 0 Å². The smallest absolute Gasteiger partial charge is 0.271 e. The molecular weight excluding hydrogens is 573 g/mol. The van der Waals surface area contributed by atoms with Crippen molar-refractivity contribution < 1.29 is 70.6 Å². The molecule has 0 fully saturated rings. The number of halogens is 16. The van der Waals surface area contributed by atoms with Crippen LogP contribution in [0.5, 0.6) is 0 Å². The third kappa shape index (κ3) is 5.32. The van der Waals surface area contributed by atoms with Gasteiger partial charge in [-0.1, -0.05) is 46.3 Å². The molecule has 2 unspecified atom stereocenters. The summed E-state index contributed by atoms with van der Waals surface area (Å²) >= 11 is 1.96. The van der Waals surface area contributed by atoms with Gasteiger partial charge in [0.2, 0.25) is 0 Å². The van der Waals surface area contributed by atoms with Crippen molar-refractivity contribution in [2.45, 2.75) is 59.8 Å². The van der Waals surface area contributed by atoms with Gasteiger partial charge in [0, 0.05) is 0 Å². The number of benzene rings is 1. The average Bonchev–Trinajstić information content (AvgIpc) is 2.64. The van der Waals surface area contributed by atoms with E-state index in [2.05, 4.69) is 4.74 Å². The first kappa shape index (κ1) is 29.6. The highest BCUT2D eigenvalue weighted by Gasteiger charge is 2.92. The fourth-order valence-corrected chi connectivity index (χ4v) is 2.57. The van der Waals surface area contributed by atoms with Crippen molar-refractivity contribution in [2.24, 2.45) is 0 Å². The molecule has 0 spiro atoms. The monoisotopic (exact) mass is 582 g/mol. The molecule has 0 saturated heterocycles. The van der Waals surface area contributed by atoms with Gasteiger partial charge in [0.15, 0.2) is 0 Å². The van der Waals surface area contributed by atoms with E-state index in [9.17, 15) is 65.9 Å². The van der Waals surface area contributed by atoms with E-state index >= 15 is 0 Å². The van der Waals surface area contributed by atoms with Crippen LogP contribution < -0.4 is 0 Å². The first-order valence-electron chi connectivity index (χ1n) is 8.17. The van der Waals surface area contributed by atoms with Crippen LogP contribution in [0.25, 0.3) is 0 Å². The maximum atomic E-state index is 14.4. The lowest BCUT2D eigenvalue weighted by molar-refractivity contribution is -0.507. The first-order chi connectivity index (χ1) is 14.5. The van der Waals surface area contributed by atoms with Crippen LogP contribution in [0.1, 0.15) is 12.0 Å². The Bertz CT molecular complexity index is 789. The third-order valence-corrected chi connectivity index (χ3v) is 5.08. The number of alkyl halides is 16. The maximum Gasteiger partial charge on any atom is 0.460 e. The van der Waals surface area contributed by atoms with Crippen LogP contribution in [0.2, 0.25) is 0 Å². The van der Waals surface area contributed by atoms with Gasteiger partial charge in [-0.25, -0.2) is 0 Å². The molecule has 0 saturated carbocycles. The molecule has 0 heterocycles. The number of ether oxygens (including phenoxy) is 1. The summed E-state index contributed by atoms with van der Waals surface area (Å²) in [6.07, 6.45) is -22.7. The van der Waals surface area contributed by atoms with Crippen molar-refractivity contribution in [1.82, 2.24) is 0 Å². The van der Waals surface area contributed by atoms with Crippen LogP contribution in [0, 0.1) is 0 Å². The Balaban J connectivity index is 3.49. The van der Waals surface area contributed by atoms with Crippen LogP contribution in [0.4, 0.5) is 65.9 Å². The SMILES string of the molecule is FC(F)(OC(F)(C(F)(F)C(F)(F)F)C(F)(F)C(F)(F)C(F)(F)F)C(Br)CCc1ccccc1. The second-order valence-corrected chi connectivity index (χ2v) is 7.57. The van der Waals surface area contributed by atoms with Crippen molar-refractivity contribution in [2.75, 3.05) is 0 Å². The van der Waals surface area contributed by atoms with Gasteiger partial charge in [-0.2, -0.15) is 65.9 Å². The van der Waals surface area contributed by atoms with Crippen molar-refractivity contribution in [3.05, 3.63) is 35.9 Å². The van der Waals surface area contributed by atoms with E-state index in [1.165, 1.54) is 30.3 Å². The number of hydrogen-bond donors (Lipinski definition) is 0. The highest BCUT2D eigenvalue weighted by atomic mass is 79.9. The minimum Gasteiger partial charge on any atom is -0.271 e. The minimum atomic E-state index is -8.19. The summed E-state index contributed by atoms with van der Waals surface area (Å²) in [6, 6.07) is 6.75. The van der Waals surface area contributed by atoms with Crippen molar-refractivity contribution in [1.29, 1.82) is 0 Å². The fraction of sp³-hybridized carbons (Fsp3) is 0.625. The van der Waals surface area contributed by atoms with E-state index in [1.54, 1.807) is 0 Å². The molecule has 1 rings (SSSR count). The van der Waals surface area contributed by atoms with E-state index in [0.717, 1.165) is 0 Å². The van der Waals surface area contributed by atoms with Gasteiger partial charge < -0.3 is 0 Å². The Labute approximate surface area is 183 Å². The summed E-state index contributed by atoms with van der Waals surface area (Å²) in [5.41, 5.74) is 0.207. The second kappa shape index (κ2) is 9.00. The van der Waals surface area contributed by atoms with E-state index in [-0.39, 0.29) is 5.56 Å². The summed E-state index contributed by atoms with van der Waals surface area (Å²) < 4.78 is 200. The highest BCUT2D eigenvalue weighted by molar-refractivity contribution is 9.09. The molecule has 33 heavy (non-hydrogen) atoms. The lowest BCUT2D eigenvalue weighted by Crippen LogP contribution is -2.73. The van der Waals surface area contributed by atoms with Gasteiger partial charge in [0.05, 0.1) is 0 Å². The molecule has 1 aromatic carbocycles. The molecule has 1 nitrogen and oxygen atoms in total. The molecule has 17 heteroatoms. The van der Waals surface area contributed by atoms with E-state index in [0.29, 0.717) is 0 Å². The molecule has 0 N–H and O–H groups in total. The predicted molar refractivity (Wildman–Crippen MR) is 84.3 cm³/mol. The summed E-state index contributed by atoms with van der Waals surface area (Å²) in [7, 11) is 0. The standard InChI is InChI=1S/C16H10BrF15O/c17-9(7-6-8-4-2-1-3-5-8)10(18,19)33-14(26,13(24,25)16(30,31)32)11(20,21)12(22,23)15(27,28)29/h1-5,9H,6-7H2. The zero-order chi connectivity index (χ0) is 26.3. The van der Waals surface area contributed by atoms with Gasteiger partial charge in [-0.3, -0.25) is 4.74 Å². The summed E-state index contributed by atoms with van der Waals surface area (Å²) in [6.45, 7) is 0. The molecule has 0 aliphatic carbocycles. The van der Waals surface area contributed by atoms with Crippen molar-refractivity contribution >= 4 is 15.9 Å². The fourth-order valence-electron chi connectivity index (χ4n) is 2.25. The number of aryl methyl sites for hydroxylation is 1. The molecule has 0 aliphatic heterocycles. The largest absolute Gasteiger partial charge is 0.460 e. The van der Waals surface area contributed by atoms with Gasteiger partial charge in [-0.05, 0) is 18.4 Å². The molecule has 0 aliphatic rings. The molecular formula is C16H10BrF15O. The Morgan fingerprint density at radius 3 is 1.45 bits per heavy atom. The Morgan fingerprint density at radius 1 is 0.636 bits per heavy atom. The van der Waals surface area contributed by atoms with Crippen LogP contribution in [-0.2, 0) is 11.2 Å². The van der Waals surface area contributed by atoms with Crippen LogP contribution in [-0.4, -0.2) is 46.9 Å². The Morgan fingerprint density at radius 2 is 1.06 bits per heavy atom. The number of rotatable bonds is 9. The van der Waals surface area contributed by atoms with E-state index in [1.807, 2.05) is 15.9 Å². The molecule has 2 atom stereocenters. The molecule has 0 radical (unpaired) electrons. The van der Waals surface area contributed by atoms with E-state index < -0.39 is 59.8 Å². The normalized spacial score (nSPS) is 17.6. The minimum absolute atomic E-state index is 0.207. The number of hydrogen-bond acceptors (Lipinski definition) is 1. The van der Waals surface area contributed by atoms with Gasteiger partial charge in [0.1, 0.15) is 4.83 Å². The summed E-state index contributed by atoms with van der Waals surface area (Å²) in [5.74, 6) is -32.1. The molecule has 0 bridgehead atoms. The highest BCUT2D eigenvalue weighted by Crippen LogP contribution is 2.61. The lowest BCUT2D eigenvalue weighted by Gasteiger charge is -2.43. The van der Waals surface area contributed by atoms with Crippen LogP contribution in [0.3, 0.4) is 0 Å². The first-order valence-corrected chi connectivity index (χ1v) is 9.09. The Kier molecular flexibility index (Phi) is 8.08. The zero-order valence-electron chi connectivity index (χ0n) is 15.3. The summed E-state index contributed by atoms with van der Waals surface area (Å²) in [4.78, 5) is -2.89. The second-order valence-electron chi connectivity index (χ2n) is 6.47.